The van der Waals surface area contributed by atoms with Crippen LogP contribution in [-0.4, -0.2) is 10.9 Å². The van der Waals surface area contributed by atoms with E-state index >= 15 is 0 Å². The van der Waals surface area contributed by atoms with Crippen LogP contribution in [-0.2, 0) is 0 Å². The first-order chi connectivity index (χ1) is 8.56. The largest absolute Gasteiger partial charge is 0.399 e. The second kappa shape index (κ2) is 4.83. The van der Waals surface area contributed by atoms with Gasteiger partial charge in [-0.15, -0.1) is 0 Å². The molecule has 5 heteroatoms. The van der Waals surface area contributed by atoms with Gasteiger partial charge >= 0.3 is 0 Å². The fourth-order valence-electron chi connectivity index (χ4n) is 1.52. The number of aromatic nitrogens is 1. The minimum absolute atomic E-state index is 0.160. The number of pyridine rings is 1. The number of carbonyl (C=O) groups is 1. The van der Waals surface area contributed by atoms with Gasteiger partial charge in [-0.2, -0.15) is 0 Å². The molecule has 1 amide bonds. The van der Waals surface area contributed by atoms with E-state index in [2.05, 4.69) is 10.3 Å². The third-order valence-corrected chi connectivity index (χ3v) is 2.46. The molecule has 1 heterocycles. The van der Waals surface area contributed by atoms with Gasteiger partial charge in [-0.05, 0) is 42.8 Å². The molecule has 0 radical (unpaired) electrons. The average Bonchev–Trinajstić information content (AvgIpc) is 2.33. The Kier molecular flexibility index (Phi) is 3.23. The summed E-state index contributed by atoms with van der Waals surface area (Å²) in [5, 5.41) is 2.69. The fraction of sp³-hybridized carbons (Fsp3) is 0.0769. The average molecular weight is 245 g/mol. The van der Waals surface area contributed by atoms with E-state index in [4.69, 9.17) is 5.73 Å². The molecule has 1 aromatic heterocycles. The van der Waals surface area contributed by atoms with Crippen molar-refractivity contribution in [1.29, 1.82) is 0 Å². The molecule has 0 spiro atoms. The van der Waals surface area contributed by atoms with Crippen molar-refractivity contribution in [1.82, 2.24) is 4.98 Å². The van der Waals surface area contributed by atoms with Gasteiger partial charge in [-0.25, -0.2) is 9.37 Å². The SMILES string of the molecule is Cc1cc(N)ccc1NC(=O)c1ccc(F)cn1. The van der Waals surface area contributed by atoms with Crippen molar-refractivity contribution in [2.24, 2.45) is 0 Å². The number of halogens is 1. The van der Waals surface area contributed by atoms with Crippen LogP contribution in [0.2, 0.25) is 0 Å². The molecule has 4 nitrogen and oxygen atoms in total. The van der Waals surface area contributed by atoms with E-state index in [1.165, 1.54) is 12.1 Å². The Morgan fingerprint density at radius 3 is 2.72 bits per heavy atom. The number of aryl methyl sites for hydroxylation is 1. The number of anilines is 2. The quantitative estimate of drug-likeness (QED) is 0.798. The number of carbonyl (C=O) groups excluding carboxylic acids is 1. The topological polar surface area (TPSA) is 68.0 Å². The van der Waals surface area contributed by atoms with E-state index < -0.39 is 5.82 Å². The summed E-state index contributed by atoms with van der Waals surface area (Å²) in [5.41, 5.74) is 7.91. The molecule has 0 aliphatic carbocycles. The van der Waals surface area contributed by atoms with E-state index in [0.29, 0.717) is 11.4 Å². The number of nitrogens with one attached hydrogen (secondary N) is 1. The molecule has 3 N–H and O–H groups in total. The number of amides is 1. The number of nitrogens with two attached hydrogens (primary N) is 1. The van der Waals surface area contributed by atoms with Crippen LogP contribution in [0.25, 0.3) is 0 Å². The maximum absolute atomic E-state index is 12.7. The predicted octanol–water partition coefficient (Wildman–Crippen LogP) is 2.36. The normalized spacial score (nSPS) is 10.1. The van der Waals surface area contributed by atoms with Gasteiger partial charge in [0, 0.05) is 11.4 Å². The van der Waals surface area contributed by atoms with Crippen molar-refractivity contribution in [3.63, 3.8) is 0 Å². The molecule has 0 aliphatic rings. The number of nitrogen functional groups attached to an aromatic ring is 1. The summed E-state index contributed by atoms with van der Waals surface area (Å²) in [6, 6.07) is 7.69. The second-order valence-electron chi connectivity index (χ2n) is 3.89. The lowest BCUT2D eigenvalue weighted by Gasteiger charge is -2.08. The van der Waals surface area contributed by atoms with Crippen LogP contribution in [0.4, 0.5) is 15.8 Å². The molecule has 2 rings (SSSR count). The number of hydrogen-bond acceptors (Lipinski definition) is 3. The number of rotatable bonds is 2. The summed E-state index contributed by atoms with van der Waals surface area (Å²) in [4.78, 5) is 15.5. The van der Waals surface area contributed by atoms with Crippen LogP contribution in [0.3, 0.4) is 0 Å². The Balaban J connectivity index is 2.18. The first-order valence-electron chi connectivity index (χ1n) is 5.35. The van der Waals surface area contributed by atoms with Crippen LogP contribution in [0.15, 0.2) is 36.5 Å². The summed E-state index contributed by atoms with van der Waals surface area (Å²) in [6.45, 7) is 1.84. The molecule has 0 bridgehead atoms. The molecular formula is C13H12FN3O. The van der Waals surface area contributed by atoms with Gasteiger partial charge in [0.15, 0.2) is 0 Å². The Bertz CT molecular complexity index is 581. The maximum Gasteiger partial charge on any atom is 0.274 e. The zero-order chi connectivity index (χ0) is 13.1. The molecule has 92 valence electrons. The highest BCUT2D eigenvalue weighted by atomic mass is 19.1. The lowest BCUT2D eigenvalue weighted by atomic mass is 10.1. The van der Waals surface area contributed by atoms with E-state index in [0.717, 1.165) is 11.8 Å². The molecule has 0 saturated carbocycles. The summed E-state index contributed by atoms with van der Waals surface area (Å²) < 4.78 is 12.7. The standard InChI is InChI=1S/C13H12FN3O/c1-8-6-10(15)3-5-11(8)17-13(18)12-4-2-9(14)7-16-12/h2-7H,15H2,1H3,(H,17,18). The van der Waals surface area contributed by atoms with Crippen molar-refractivity contribution >= 4 is 17.3 Å². The predicted molar refractivity (Wildman–Crippen MR) is 67.7 cm³/mol. The van der Waals surface area contributed by atoms with E-state index in [9.17, 15) is 9.18 Å². The number of hydrogen-bond donors (Lipinski definition) is 2. The summed E-state index contributed by atoms with van der Waals surface area (Å²) in [6.07, 6.45) is 1.00. The zero-order valence-electron chi connectivity index (χ0n) is 9.77. The molecule has 0 atom stereocenters. The van der Waals surface area contributed by atoms with Crippen LogP contribution in [0.1, 0.15) is 16.1 Å². The summed E-state index contributed by atoms with van der Waals surface area (Å²) in [5.74, 6) is -0.863. The Morgan fingerprint density at radius 1 is 1.33 bits per heavy atom. The van der Waals surface area contributed by atoms with Crippen molar-refractivity contribution in [3.05, 3.63) is 53.6 Å². The lowest BCUT2D eigenvalue weighted by Crippen LogP contribution is -2.14. The highest BCUT2D eigenvalue weighted by Crippen LogP contribution is 2.18. The minimum atomic E-state index is -0.477. The van der Waals surface area contributed by atoms with Gasteiger partial charge in [-0.1, -0.05) is 0 Å². The summed E-state index contributed by atoms with van der Waals surface area (Å²) >= 11 is 0. The fourth-order valence-corrected chi connectivity index (χ4v) is 1.52. The van der Waals surface area contributed by atoms with Crippen molar-refractivity contribution in [3.8, 4) is 0 Å². The Morgan fingerprint density at radius 2 is 2.11 bits per heavy atom. The first kappa shape index (κ1) is 12.0. The van der Waals surface area contributed by atoms with Crippen LogP contribution in [0.5, 0.6) is 0 Å². The second-order valence-corrected chi connectivity index (χ2v) is 3.89. The molecule has 0 unspecified atom stereocenters. The monoisotopic (exact) mass is 245 g/mol. The van der Waals surface area contributed by atoms with Gasteiger partial charge in [0.2, 0.25) is 0 Å². The van der Waals surface area contributed by atoms with E-state index in [1.807, 2.05) is 6.92 Å². The lowest BCUT2D eigenvalue weighted by molar-refractivity contribution is 0.102. The van der Waals surface area contributed by atoms with Crippen LogP contribution < -0.4 is 11.1 Å². The highest BCUT2D eigenvalue weighted by molar-refractivity contribution is 6.03. The minimum Gasteiger partial charge on any atom is -0.399 e. The van der Waals surface area contributed by atoms with Gasteiger partial charge in [0.25, 0.3) is 5.91 Å². The number of nitrogens with zero attached hydrogens (tertiary/aromatic N) is 1. The molecule has 2 aromatic rings. The molecular weight excluding hydrogens is 233 g/mol. The zero-order valence-corrected chi connectivity index (χ0v) is 9.77. The smallest absolute Gasteiger partial charge is 0.274 e. The van der Waals surface area contributed by atoms with Gasteiger partial charge < -0.3 is 11.1 Å². The number of benzene rings is 1. The third-order valence-electron chi connectivity index (χ3n) is 2.46. The molecule has 0 fully saturated rings. The van der Waals surface area contributed by atoms with Gasteiger partial charge in [-0.3, -0.25) is 4.79 Å². The third kappa shape index (κ3) is 2.63. The summed E-state index contributed by atoms with van der Waals surface area (Å²) in [7, 11) is 0. The first-order valence-corrected chi connectivity index (χ1v) is 5.35. The van der Waals surface area contributed by atoms with Crippen molar-refractivity contribution in [2.75, 3.05) is 11.1 Å². The van der Waals surface area contributed by atoms with Gasteiger partial charge in [0.1, 0.15) is 11.5 Å². The van der Waals surface area contributed by atoms with Crippen molar-refractivity contribution in [2.45, 2.75) is 6.92 Å². The van der Waals surface area contributed by atoms with E-state index in [1.54, 1.807) is 18.2 Å². The highest BCUT2D eigenvalue weighted by Gasteiger charge is 2.09. The molecule has 18 heavy (non-hydrogen) atoms. The molecule has 1 aromatic carbocycles. The van der Waals surface area contributed by atoms with Crippen LogP contribution >= 0.6 is 0 Å². The Labute approximate surface area is 104 Å². The van der Waals surface area contributed by atoms with Crippen molar-refractivity contribution < 1.29 is 9.18 Å². The Hall–Kier alpha value is -2.43. The van der Waals surface area contributed by atoms with Crippen LogP contribution in [0, 0.1) is 12.7 Å². The molecule has 0 saturated heterocycles. The van der Waals surface area contributed by atoms with Gasteiger partial charge in [0.05, 0.1) is 6.20 Å². The van der Waals surface area contributed by atoms with E-state index in [-0.39, 0.29) is 11.6 Å². The molecule has 0 aliphatic heterocycles. The maximum atomic E-state index is 12.7.